The van der Waals surface area contributed by atoms with Gasteiger partial charge in [-0.1, -0.05) is 35.5 Å². The molecule has 3 heterocycles. The molecule has 29 heavy (non-hydrogen) atoms. The van der Waals surface area contributed by atoms with Crippen LogP contribution in [0.2, 0.25) is 0 Å². The summed E-state index contributed by atoms with van der Waals surface area (Å²) in [5.74, 6) is 1.59. The van der Waals surface area contributed by atoms with Crippen LogP contribution in [-0.4, -0.2) is 50.0 Å². The minimum absolute atomic E-state index is 0.0712. The number of carbonyl (C=O) groups is 1. The maximum absolute atomic E-state index is 12.5. The third kappa shape index (κ3) is 3.33. The van der Waals surface area contributed by atoms with E-state index in [1.807, 2.05) is 13.0 Å². The minimum Gasteiger partial charge on any atom is -0.348 e. The number of aromatic amines is 1. The van der Waals surface area contributed by atoms with E-state index < -0.39 is 0 Å². The Balaban J connectivity index is 1.36. The van der Waals surface area contributed by atoms with Gasteiger partial charge in [0.2, 0.25) is 5.89 Å². The molecule has 8 heteroatoms. The molecule has 150 valence electrons. The van der Waals surface area contributed by atoms with E-state index in [4.69, 9.17) is 4.52 Å². The van der Waals surface area contributed by atoms with Gasteiger partial charge in [-0.15, -0.1) is 0 Å². The van der Waals surface area contributed by atoms with E-state index in [2.05, 4.69) is 54.6 Å². The van der Waals surface area contributed by atoms with E-state index >= 15 is 0 Å². The van der Waals surface area contributed by atoms with Gasteiger partial charge in [-0.05, 0) is 31.2 Å². The summed E-state index contributed by atoms with van der Waals surface area (Å²) in [6.45, 7) is 4.55. The molecule has 0 spiro atoms. The highest BCUT2D eigenvalue weighted by Crippen LogP contribution is 2.50. The van der Waals surface area contributed by atoms with E-state index in [1.165, 1.54) is 11.9 Å². The first kappa shape index (κ1) is 18.1. The third-order valence-electron chi connectivity index (χ3n) is 6.23. The SMILES string of the molecule is Cc1noc([C@]23C[C@H](NC(=O)c4cnc[nH]4)C[C@H]2CN(Cc2ccccc2)C3)n1. The van der Waals surface area contributed by atoms with Crippen LogP contribution in [0, 0.1) is 12.8 Å². The Morgan fingerprint density at radius 1 is 1.38 bits per heavy atom. The highest BCUT2D eigenvalue weighted by atomic mass is 16.5. The zero-order valence-electron chi connectivity index (χ0n) is 16.3. The number of imidazole rings is 1. The zero-order chi connectivity index (χ0) is 19.8. The molecule has 8 nitrogen and oxygen atoms in total. The number of hydrogen-bond acceptors (Lipinski definition) is 6. The van der Waals surface area contributed by atoms with Gasteiger partial charge in [-0.3, -0.25) is 9.69 Å². The van der Waals surface area contributed by atoms with Crippen LogP contribution < -0.4 is 5.32 Å². The first-order valence-corrected chi connectivity index (χ1v) is 9.99. The maximum Gasteiger partial charge on any atom is 0.269 e. The van der Waals surface area contributed by atoms with Crippen LogP contribution in [-0.2, 0) is 12.0 Å². The first-order valence-electron chi connectivity index (χ1n) is 9.99. The van der Waals surface area contributed by atoms with Crippen molar-refractivity contribution in [2.24, 2.45) is 5.92 Å². The predicted molar refractivity (Wildman–Crippen MR) is 105 cm³/mol. The zero-order valence-corrected chi connectivity index (χ0v) is 16.3. The summed E-state index contributed by atoms with van der Waals surface area (Å²) >= 11 is 0. The lowest BCUT2D eigenvalue weighted by molar-refractivity contribution is 0.0929. The smallest absolute Gasteiger partial charge is 0.269 e. The van der Waals surface area contributed by atoms with E-state index in [9.17, 15) is 4.79 Å². The van der Waals surface area contributed by atoms with Gasteiger partial charge < -0.3 is 14.8 Å². The molecule has 2 fully saturated rings. The summed E-state index contributed by atoms with van der Waals surface area (Å²) in [5.41, 5.74) is 1.56. The molecule has 2 aromatic heterocycles. The van der Waals surface area contributed by atoms with Crippen LogP contribution >= 0.6 is 0 Å². The second-order valence-corrected chi connectivity index (χ2v) is 8.23. The molecule has 0 radical (unpaired) electrons. The number of fused-ring (bicyclic) bond motifs is 1. The molecule has 1 saturated carbocycles. The molecule has 0 unspecified atom stereocenters. The van der Waals surface area contributed by atoms with Crippen LogP contribution in [0.1, 0.15) is 40.6 Å². The number of rotatable bonds is 5. The molecular weight excluding hydrogens is 368 g/mol. The molecule has 5 rings (SSSR count). The normalized spacial score (nSPS) is 26.5. The summed E-state index contributed by atoms with van der Waals surface area (Å²) in [4.78, 5) is 26.4. The number of nitrogens with zero attached hydrogens (tertiary/aromatic N) is 4. The van der Waals surface area contributed by atoms with E-state index in [0.717, 1.165) is 32.5 Å². The summed E-state index contributed by atoms with van der Waals surface area (Å²) in [7, 11) is 0. The van der Waals surface area contributed by atoms with Crippen LogP contribution in [0.25, 0.3) is 0 Å². The number of amides is 1. The predicted octanol–water partition coefficient (Wildman–Crippen LogP) is 2.06. The first-order chi connectivity index (χ1) is 14.1. The third-order valence-corrected chi connectivity index (χ3v) is 6.23. The van der Waals surface area contributed by atoms with Crippen molar-refractivity contribution in [3.63, 3.8) is 0 Å². The maximum atomic E-state index is 12.5. The monoisotopic (exact) mass is 392 g/mol. The van der Waals surface area contributed by atoms with Crippen molar-refractivity contribution >= 4 is 5.91 Å². The Morgan fingerprint density at radius 3 is 2.97 bits per heavy atom. The number of H-pyrrole nitrogens is 1. The van der Waals surface area contributed by atoms with Crippen molar-refractivity contribution in [2.45, 2.75) is 37.8 Å². The van der Waals surface area contributed by atoms with Crippen LogP contribution in [0.3, 0.4) is 0 Å². The number of likely N-dealkylation sites (tertiary alicyclic amines) is 1. The fraction of sp³-hybridized carbons (Fsp3) is 0.429. The van der Waals surface area contributed by atoms with Crippen molar-refractivity contribution in [2.75, 3.05) is 13.1 Å². The summed E-state index contributed by atoms with van der Waals surface area (Å²) in [6, 6.07) is 10.6. The molecule has 2 N–H and O–H groups in total. The lowest BCUT2D eigenvalue weighted by Crippen LogP contribution is -2.38. The van der Waals surface area contributed by atoms with Gasteiger partial charge in [0, 0.05) is 25.7 Å². The summed E-state index contributed by atoms with van der Waals surface area (Å²) < 4.78 is 5.66. The molecule has 1 aliphatic heterocycles. The van der Waals surface area contributed by atoms with Crippen LogP contribution in [0.4, 0.5) is 0 Å². The Hall–Kier alpha value is -3.00. The number of benzene rings is 1. The largest absolute Gasteiger partial charge is 0.348 e. The Kier molecular flexibility index (Phi) is 4.43. The molecule has 1 saturated heterocycles. The summed E-state index contributed by atoms with van der Waals surface area (Å²) in [5, 5.41) is 7.20. The van der Waals surface area contributed by atoms with E-state index in [1.54, 1.807) is 6.20 Å². The lowest BCUT2D eigenvalue weighted by atomic mass is 9.80. The average Bonchev–Trinajstić information content (AvgIpc) is 3.46. The molecule has 1 amide bonds. The Morgan fingerprint density at radius 2 is 2.24 bits per heavy atom. The minimum atomic E-state index is -0.220. The van der Waals surface area contributed by atoms with Crippen molar-refractivity contribution in [3.05, 3.63) is 65.8 Å². The van der Waals surface area contributed by atoms with Gasteiger partial charge >= 0.3 is 0 Å². The average molecular weight is 392 g/mol. The second kappa shape index (κ2) is 7.11. The molecule has 0 bridgehead atoms. The quantitative estimate of drug-likeness (QED) is 0.689. The number of aryl methyl sites for hydroxylation is 1. The second-order valence-electron chi connectivity index (χ2n) is 8.23. The van der Waals surface area contributed by atoms with Gasteiger partial charge in [-0.2, -0.15) is 4.98 Å². The molecular formula is C21H24N6O2. The number of carbonyl (C=O) groups excluding carboxylic acids is 1. The molecule has 2 aliphatic rings. The van der Waals surface area contributed by atoms with Gasteiger partial charge in [-0.25, -0.2) is 4.98 Å². The molecule has 3 atom stereocenters. The topological polar surface area (TPSA) is 99.9 Å². The fourth-order valence-corrected chi connectivity index (χ4v) is 5.02. The summed E-state index contributed by atoms with van der Waals surface area (Å²) in [6.07, 6.45) is 4.75. The van der Waals surface area contributed by atoms with Crippen LogP contribution in [0.5, 0.6) is 0 Å². The fourth-order valence-electron chi connectivity index (χ4n) is 5.02. The molecule has 1 aromatic carbocycles. The van der Waals surface area contributed by atoms with Gasteiger partial charge in [0.15, 0.2) is 5.82 Å². The van der Waals surface area contributed by atoms with E-state index in [-0.39, 0.29) is 17.4 Å². The van der Waals surface area contributed by atoms with Gasteiger partial charge in [0.1, 0.15) is 5.69 Å². The van der Waals surface area contributed by atoms with E-state index in [0.29, 0.717) is 23.3 Å². The van der Waals surface area contributed by atoms with Crippen molar-refractivity contribution in [1.82, 2.24) is 30.3 Å². The van der Waals surface area contributed by atoms with Gasteiger partial charge in [0.05, 0.1) is 17.9 Å². The van der Waals surface area contributed by atoms with Crippen molar-refractivity contribution < 1.29 is 9.32 Å². The van der Waals surface area contributed by atoms with Crippen molar-refractivity contribution in [1.29, 1.82) is 0 Å². The number of nitrogens with one attached hydrogen (secondary N) is 2. The number of hydrogen-bond donors (Lipinski definition) is 2. The molecule has 3 aromatic rings. The Bertz CT molecular complexity index is 986. The van der Waals surface area contributed by atoms with Crippen molar-refractivity contribution in [3.8, 4) is 0 Å². The number of aromatic nitrogens is 4. The molecule has 1 aliphatic carbocycles. The standard InChI is InChI=1S/C21H24N6O2/c1-14-24-20(29-26-14)21-8-17(25-19(28)18-9-22-13-23-18)7-16(21)11-27(12-21)10-15-5-3-2-4-6-15/h2-6,9,13,16-17H,7-8,10-12H2,1H3,(H,22,23)(H,25,28)/t16-,17+,21-/m0/s1. The Labute approximate surface area is 168 Å². The van der Waals surface area contributed by atoms with Crippen LogP contribution in [0.15, 0.2) is 47.4 Å². The highest BCUT2D eigenvalue weighted by Gasteiger charge is 2.57. The van der Waals surface area contributed by atoms with Gasteiger partial charge in [0.25, 0.3) is 5.91 Å². The highest BCUT2D eigenvalue weighted by molar-refractivity contribution is 5.92. The lowest BCUT2D eigenvalue weighted by Gasteiger charge is -2.25.